The SMILES string of the molecule is c1ccc2cc(-c3c4ccccc4c(-c4ccc5c(-c6cccc7ccccc67)c6ccccc6c(-c6cccc7ccccc67)c5c4)c4ccccc34)ccc2c1. The van der Waals surface area contributed by atoms with Crippen molar-refractivity contribution in [2.45, 2.75) is 0 Å². The van der Waals surface area contributed by atoms with E-state index in [2.05, 4.69) is 218 Å². The van der Waals surface area contributed by atoms with Crippen LogP contribution in [-0.2, 0) is 0 Å². The number of benzene rings is 12. The van der Waals surface area contributed by atoms with Gasteiger partial charge in [-0.25, -0.2) is 0 Å². The molecule has 0 spiro atoms. The van der Waals surface area contributed by atoms with Gasteiger partial charge in [0.15, 0.2) is 0 Å². The first-order valence-electron chi connectivity index (χ1n) is 20.2. The first-order chi connectivity index (χ1) is 28.8. The fourth-order valence-electron chi connectivity index (χ4n) is 9.90. The lowest BCUT2D eigenvalue weighted by atomic mass is 9.81. The molecule has 0 unspecified atom stereocenters. The van der Waals surface area contributed by atoms with Crippen LogP contribution in [0, 0.1) is 0 Å². The maximum Gasteiger partial charge on any atom is -0.00199 e. The summed E-state index contributed by atoms with van der Waals surface area (Å²) >= 11 is 0. The molecule has 0 atom stereocenters. The normalized spacial score (nSPS) is 11.8. The number of hydrogen-bond acceptors (Lipinski definition) is 0. The minimum absolute atomic E-state index is 1.21. The smallest absolute Gasteiger partial charge is 0.00199 e. The summed E-state index contributed by atoms with van der Waals surface area (Å²) in [4.78, 5) is 0. The summed E-state index contributed by atoms with van der Waals surface area (Å²) < 4.78 is 0. The van der Waals surface area contributed by atoms with Gasteiger partial charge in [0.2, 0.25) is 0 Å². The van der Waals surface area contributed by atoms with E-state index in [0.29, 0.717) is 0 Å². The molecule has 0 nitrogen and oxygen atoms in total. The summed E-state index contributed by atoms with van der Waals surface area (Å²) in [5, 5.41) is 17.6. The van der Waals surface area contributed by atoms with Crippen LogP contribution >= 0.6 is 0 Å². The van der Waals surface area contributed by atoms with Crippen molar-refractivity contribution in [3.05, 3.63) is 218 Å². The number of fused-ring (bicyclic) bond motifs is 7. The summed E-state index contributed by atoms with van der Waals surface area (Å²) in [5.41, 5.74) is 10.1. The van der Waals surface area contributed by atoms with Gasteiger partial charge in [0.1, 0.15) is 0 Å². The zero-order valence-electron chi connectivity index (χ0n) is 31.8. The van der Waals surface area contributed by atoms with Crippen molar-refractivity contribution in [3.63, 3.8) is 0 Å². The van der Waals surface area contributed by atoms with Crippen molar-refractivity contribution >= 4 is 75.4 Å². The Kier molecular flexibility index (Phi) is 7.33. The van der Waals surface area contributed by atoms with Crippen LogP contribution in [0.1, 0.15) is 0 Å². The highest BCUT2D eigenvalue weighted by atomic mass is 14.2. The van der Waals surface area contributed by atoms with Gasteiger partial charge in [-0.1, -0.05) is 206 Å². The van der Waals surface area contributed by atoms with E-state index < -0.39 is 0 Å². The molecule has 0 saturated heterocycles. The van der Waals surface area contributed by atoms with E-state index in [1.165, 1.54) is 120 Å². The van der Waals surface area contributed by atoms with Crippen LogP contribution in [0.3, 0.4) is 0 Å². The standard InChI is InChI=1S/C58H36/c1-2-18-40-35-41(32-31-37(40)15-1)55-47-23-7-9-25-49(47)56(50-26-10-8-24-48(50)55)42-33-34-53-54(36-42)58(46-30-14-20-39-17-4-6-22-44(39)46)52-28-12-11-27-51(52)57(53)45-29-13-19-38-16-3-5-21-43(38)45/h1-36H. The van der Waals surface area contributed by atoms with Crippen LogP contribution in [-0.4, -0.2) is 0 Å². The first-order valence-corrected chi connectivity index (χ1v) is 20.2. The highest BCUT2D eigenvalue weighted by Crippen LogP contribution is 2.50. The van der Waals surface area contributed by atoms with E-state index in [9.17, 15) is 0 Å². The molecule has 12 aromatic carbocycles. The average Bonchev–Trinajstić information content (AvgIpc) is 3.29. The fraction of sp³-hybridized carbons (Fsp3) is 0. The maximum atomic E-state index is 2.50. The van der Waals surface area contributed by atoms with Crippen LogP contribution in [0.2, 0.25) is 0 Å². The minimum Gasteiger partial charge on any atom is -0.0616 e. The zero-order chi connectivity index (χ0) is 38.2. The van der Waals surface area contributed by atoms with E-state index >= 15 is 0 Å². The summed E-state index contributed by atoms with van der Waals surface area (Å²) in [7, 11) is 0. The Bertz CT molecular complexity index is 3560. The molecule has 0 saturated carbocycles. The lowest BCUT2D eigenvalue weighted by molar-refractivity contribution is 1.67. The molecule has 0 N–H and O–H groups in total. The van der Waals surface area contributed by atoms with Gasteiger partial charge in [-0.2, -0.15) is 0 Å². The van der Waals surface area contributed by atoms with E-state index in [1.54, 1.807) is 0 Å². The van der Waals surface area contributed by atoms with E-state index in [0.717, 1.165) is 0 Å². The molecule has 0 bridgehead atoms. The molecule has 0 fully saturated rings. The zero-order valence-corrected chi connectivity index (χ0v) is 31.8. The van der Waals surface area contributed by atoms with E-state index in [1.807, 2.05) is 0 Å². The van der Waals surface area contributed by atoms with Gasteiger partial charge < -0.3 is 0 Å². The van der Waals surface area contributed by atoms with Crippen molar-refractivity contribution in [3.8, 4) is 44.5 Å². The molecular weight excluding hydrogens is 697 g/mol. The molecule has 12 aromatic rings. The van der Waals surface area contributed by atoms with Crippen molar-refractivity contribution in [1.29, 1.82) is 0 Å². The predicted octanol–water partition coefficient (Wildman–Crippen LogP) is 16.4. The van der Waals surface area contributed by atoms with Crippen LogP contribution in [0.15, 0.2) is 218 Å². The van der Waals surface area contributed by atoms with Crippen LogP contribution in [0.5, 0.6) is 0 Å². The number of rotatable bonds is 4. The Morgan fingerprint density at radius 2 is 0.517 bits per heavy atom. The largest absolute Gasteiger partial charge is 0.0616 e. The maximum absolute atomic E-state index is 2.50. The second kappa shape index (κ2) is 13.0. The lowest BCUT2D eigenvalue weighted by Gasteiger charge is -2.22. The monoisotopic (exact) mass is 732 g/mol. The average molecular weight is 733 g/mol. The summed E-state index contributed by atoms with van der Waals surface area (Å²) in [6.45, 7) is 0. The van der Waals surface area contributed by atoms with E-state index in [-0.39, 0.29) is 0 Å². The molecule has 0 radical (unpaired) electrons. The second-order valence-electron chi connectivity index (χ2n) is 15.5. The lowest BCUT2D eigenvalue weighted by Crippen LogP contribution is -1.94. The quantitative estimate of drug-likeness (QED) is 0.158. The second-order valence-corrected chi connectivity index (χ2v) is 15.5. The van der Waals surface area contributed by atoms with E-state index in [4.69, 9.17) is 0 Å². The van der Waals surface area contributed by atoms with Gasteiger partial charge in [-0.3, -0.25) is 0 Å². The van der Waals surface area contributed by atoms with Crippen LogP contribution in [0.25, 0.3) is 120 Å². The third kappa shape index (κ3) is 4.95. The highest BCUT2D eigenvalue weighted by Gasteiger charge is 2.22. The molecule has 12 rings (SSSR count). The Labute approximate surface area is 336 Å². The van der Waals surface area contributed by atoms with Gasteiger partial charge in [-0.05, 0) is 132 Å². The summed E-state index contributed by atoms with van der Waals surface area (Å²) in [6, 6.07) is 81.0. The Balaban J connectivity index is 1.23. The Morgan fingerprint density at radius 1 is 0.172 bits per heavy atom. The van der Waals surface area contributed by atoms with Gasteiger partial charge in [0.25, 0.3) is 0 Å². The first kappa shape index (κ1) is 32.7. The molecule has 0 aliphatic rings. The predicted molar refractivity (Wildman–Crippen MR) is 251 cm³/mol. The van der Waals surface area contributed by atoms with Crippen molar-refractivity contribution in [1.82, 2.24) is 0 Å². The van der Waals surface area contributed by atoms with Gasteiger partial charge >= 0.3 is 0 Å². The Hall–Kier alpha value is -7.54. The molecule has 0 aromatic heterocycles. The highest BCUT2D eigenvalue weighted by molar-refractivity contribution is 6.27. The molecular formula is C58H36. The molecule has 0 heteroatoms. The van der Waals surface area contributed by atoms with Gasteiger partial charge in [0, 0.05) is 0 Å². The number of hydrogen-bond donors (Lipinski definition) is 0. The van der Waals surface area contributed by atoms with Crippen molar-refractivity contribution in [2.75, 3.05) is 0 Å². The molecule has 0 aliphatic heterocycles. The molecule has 58 heavy (non-hydrogen) atoms. The third-order valence-electron chi connectivity index (χ3n) is 12.4. The van der Waals surface area contributed by atoms with Crippen LogP contribution in [0.4, 0.5) is 0 Å². The molecule has 0 amide bonds. The molecule has 0 aliphatic carbocycles. The summed E-state index contributed by atoms with van der Waals surface area (Å²) in [5.74, 6) is 0. The minimum atomic E-state index is 1.21. The van der Waals surface area contributed by atoms with Crippen molar-refractivity contribution in [2.24, 2.45) is 0 Å². The topological polar surface area (TPSA) is 0 Å². The Morgan fingerprint density at radius 3 is 1.03 bits per heavy atom. The van der Waals surface area contributed by atoms with Gasteiger partial charge in [-0.15, -0.1) is 0 Å². The fourth-order valence-corrected chi connectivity index (χ4v) is 9.90. The third-order valence-corrected chi connectivity index (χ3v) is 12.4. The van der Waals surface area contributed by atoms with Gasteiger partial charge in [0.05, 0.1) is 0 Å². The summed E-state index contributed by atoms with van der Waals surface area (Å²) in [6.07, 6.45) is 0. The van der Waals surface area contributed by atoms with Crippen molar-refractivity contribution < 1.29 is 0 Å². The van der Waals surface area contributed by atoms with Crippen LogP contribution < -0.4 is 0 Å². The molecule has 268 valence electrons. The molecule has 0 heterocycles.